The summed E-state index contributed by atoms with van der Waals surface area (Å²) in [6.45, 7) is 2.39. The second-order valence-electron chi connectivity index (χ2n) is 4.58. The number of nitrogens with zero attached hydrogens (tertiary/aromatic N) is 1. The van der Waals surface area contributed by atoms with Gasteiger partial charge in [0.05, 0.1) is 0 Å². The lowest BCUT2D eigenvalue weighted by Gasteiger charge is -2.35. The Labute approximate surface area is 107 Å². The molecular formula is C14H20BrN. The van der Waals surface area contributed by atoms with Crippen molar-refractivity contribution in [2.45, 2.75) is 38.3 Å². The molecule has 1 nitrogen and oxygen atoms in total. The SMILES string of the molecule is BrCC[C@H]1CCCCN1Cc1ccccc1. The van der Waals surface area contributed by atoms with Crippen LogP contribution in [0.2, 0.25) is 0 Å². The Bertz CT molecular complexity index is 297. The quantitative estimate of drug-likeness (QED) is 0.759. The number of benzene rings is 1. The van der Waals surface area contributed by atoms with Crippen LogP contribution in [0.15, 0.2) is 30.3 Å². The molecule has 1 heterocycles. The zero-order valence-electron chi connectivity index (χ0n) is 9.74. The average molecular weight is 282 g/mol. The third-order valence-electron chi connectivity index (χ3n) is 3.42. The minimum absolute atomic E-state index is 0.785. The summed E-state index contributed by atoms with van der Waals surface area (Å²) in [7, 11) is 0. The smallest absolute Gasteiger partial charge is 0.0236 e. The Kier molecular flexibility index (Phi) is 4.86. The lowest BCUT2D eigenvalue weighted by atomic mass is 9.99. The predicted molar refractivity (Wildman–Crippen MR) is 72.9 cm³/mol. The van der Waals surface area contributed by atoms with E-state index in [0.29, 0.717) is 0 Å². The van der Waals surface area contributed by atoms with Crippen LogP contribution in [0, 0.1) is 0 Å². The molecular weight excluding hydrogens is 262 g/mol. The summed E-state index contributed by atoms with van der Waals surface area (Å²) in [5, 5.41) is 1.13. The van der Waals surface area contributed by atoms with Crippen molar-refractivity contribution in [3.8, 4) is 0 Å². The molecule has 0 aliphatic carbocycles. The van der Waals surface area contributed by atoms with Gasteiger partial charge in [-0.25, -0.2) is 0 Å². The van der Waals surface area contributed by atoms with Crippen molar-refractivity contribution >= 4 is 15.9 Å². The van der Waals surface area contributed by atoms with E-state index in [9.17, 15) is 0 Å². The van der Waals surface area contributed by atoms with E-state index in [-0.39, 0.29) is 0 Å². The molecule has 1 aromatic rings. The van der Waals surface area contributed by atoms with E-state index in [1.807, 2.05) is 0 Å². The lowest BCUT2D eigenvalue weighted by molar-refractivity contribution is 0.137. The molecule has 1 aliphatic rings. The van der Waals surface area contributed by atoms with Gasteiger partial charge in [0, 0.05) is 17.9 Å². The summed E-state index contributed by atoms with van der Waals surface area (Å²) >= 11 is 3.57. The summed E-state index contributed by atoms with van der Waals surface area (Å²) in [6, 6.07) is 11.6. The van der Waals surface area contributed by atoms with Crippen LogP contribution in [0.25, 0.3) is 0 Å². The van der Waals surface area contributed by atoms with Gasteiger partial charge < -0.3 is 0 Å². The fraction of sp³-hybridized carbons (Fsp3) is 0.571. The number of piperidine rings is 1. The Hall–Kier alpha value is -0.340. The Morgan fingerprint density at radius 2 is 2.00 bits per heavy atom. The maximum Gasteiger partial charge on any atom is 0.0236 e. The van der Waals surface area contributed by atoms with Crippen LogP contribution in [0.4, 0.5) is 0 Å². The molecule has 1 atom stereocenters. The Balaban J connectivity index is 1.96. The summed E-state index contributed by atoms with van der Waals surface area (Å²) in [5.74, 6) is 0. The first-order valence-electron chi connectivity index (χ1n) is 6.24. The average Bonchev–Trinajstić information content (AvgIpc) is 2.33. The molecule has 0 amide bonds. The molecule has 2 rings (SSSR count). The van der Waals surface area contributed by atoms with Gasteiger partial charge in [-0.1, -0.05) is 52.7 Å². The van der Waals surface area contributed by atoms with Crippen molar-refractivity contribution in [2.24, 2.45) is 0 Å². The van der Waals surface area contributed by atoms with Gasteiger partial charge in [0.1, 0.15) is 0 Å². The van der Waals surface area contributed by atoms with Crippen LogP contribution >= 0.6 is 15.9 Å². The van der Waals surface area contributed by atoms with Crippen molar-refractivity contribution < 1.29 is 0 Å². The topological polar surface area (TPSA) is 3.24 Å². The second kappa shape index (κ2) is 6.41. The highest BCUT2D eigenvalue weighted by Gasteiger charge is 2.21. The maximum atomic E-state index is 3.57. The van der Waals surface area contributed by atoms with Crippen LogP contribution in [-0.4, -0.2) is 22.8 Å². The van der Waals surface area contributed by atoms with Crippen LogP contribution < -0.4 is 0 Å². The number of hydrogen-bond acceptors (Lipinski definition) is 1. The van der Waals surface area contributed by atoms with E-state index in [0.717, 1.165) is 17.9 Å². The van der Waals surface area contributed by atoms with Gasteiger partial charge in [-0.3, -0.25) is 4.90 Å². The van der Waals surface area contributed by atoms with E-state index in [1.54, 1.807) is 0 Å². The summed E-state index contributed by atoms with van der Waals surface area (Å²) < 4.78 is 0. The highest BCUT2D eigenvalue weighted by molar-refractivity contribution is 9.09. The van der Waals surface area contributed by atoms with Gasteiger partial charge in [-0.05, 0) is 31.4 Å². The Morgan fingerprint density at radius 3 is 2.75 bits per heavy atom. The Morgan fingerprint density at radius 1 is 1.19 bits per heavy atom. The molecule has 1 aliphatic heterocycles. The zero-order chi connectivity index (χ0) is 11.2. The number of alkyl halides is 1. The van der Waals surface area contributed by atoms with Crippen LogP contribution in [0.3, 0.4) is 0 Å². The van der Waals surface area contributed by atoms with E-state index in [1.165, 1.54) is 37.8 Å². The first kappa shape index (κ1) is 12.1. The number of rotatable bonds is 4. The lowest BCUT2D eigenvalue weighted by Crippen LogP contribution is -2.39. The molecule has 1 fully saturated rings. The summed E-state index contributed by atoms with van der Waals surface area (Å²) in [6.07, 6.45) is 5.43. The van der Waals surface area contributed by atoms with Crippen molar-refractivity contribution in [2.75, 3.05) is 11.9 Å². The van der Waals surface area contributed by atoms with Gasteiger partial charge in [-0.2, -0.15) is 0 Å². The fourth-order valence-corrected chi connectivity index (χ4v) is 3.07. The first-order valence-corrected chi connectivity index (χ1v) is 7.36. The van der Waals surface area contributed by atoms with Crippen molar-refractivity contribution in [3.63, 3.8) is 0 Å². The molecule has 2 heteroatoms. The standard InChI is InChI=1S/C14H20BrN/c15-10-9-14-8-4-5-11-16(14)12-13-6-2-1-3-7-13/h1-3,6-7,14H,4-5,8-12H2/t14-/m1/s1. The molecule has 88 valence electrons. The van der Waals surface area contributed by atoms with Crippen LogP contribution in [0.1, 0.15) is 31.2 Å². The molecule has 0 spiro atoms. The third-order valence-corrected chi connectivity index (χ3v) is 3.88. The van der Waals surface area contributed by atoms with Crippen LogP contribution in [0.5, 0.6) is 0 Å². The molecule has 1 aromatic carbocycles. The zero-order valence-corrected chi connectivity index (χ0v) is 11.3. The largest absolute Gasteiger partial charge is 0.296 e. The van der Waals surface area contributed by atoms with Crippen LogP contribution in [-0.2, 0) is 6.54 Å². The molecule has 0 unspecified atom stereocenters. The van der Waals surface area contributed by atoms with E-state index in [2.05, 4.69) is 51.2 Å². The van der Waals surface area contributed by atoms with Crippen molar-refractivity contribution in [3.05, 3.63) is 35.9 Å². The molecule has 0 radical (unpaired) electrons. The summed E-state index contributed by atoms with van der Waals surface area (Å²) in [5.41, 5.74) is 1.45. The molecule has 0 bridgehead atoms. The maximum absolute atomic E-state index is 3.57. The highest BCUT2D eigenvalue weighted by atomic mass is 79.9. The monoisotopic (exact) mass is 281 g/mol. The van der Waals surface area contributed by atoms with E-state index < -0.39 is 0 Å². The van der Waals surface area contributed by atoms with Gasteiger partial charge in [-0.15, -0.1) is 0 Å². The fourth-order valence-electron chi connectivity index (χ4n) is 2.54. The van der Waals surface area contributed by atoms with Gasteiger partial charge in [0.15, 0.2) is 0 Å². The van der Waals surface area contributed by atoms with Gasteiger partial charge in [0.2, 0.25) is 0 Å². The highest BCUT2D eigenvalue weighted by Crippen LogP contribution is 2.22. The number of halogens is 1. The summed E-state index contributed by atoms with van der Waals surface area (Å²) in [4.78, 5) is 2.65. The molecule has 0 aromatic heterocycles. The minimum Gasteiger partial charge on any atom is -0.296 e. The predicted octanol–water partition coefficient (Wildman–Crippen LogP) is 3.83. The van der Waals surface area contributed by atoms with E-state index in [4.69, 9.17) is 0 Å². The third kappa shape index (κ3) is 3.33. The normalized spacial score (nSPS) is 22.2. The molecule has 1 saturated heterocycles. The molecule has 0 saturated carbocycles. The molecule has 0 N–H and O–H groups in total. The minimum atomic E-state index is 0.785. The van der Waals surface area contributed by atoms with Gasteiger partial charge >= 0.3 is 0 Å². The van der Waals surface area contributed by atoms with Gasteiger partial charge in [0.25, 0.3) is 0 Å². The van der Waals surface area contributed by atoms with Crippen molar-refractivity contribution in [1.82, 2.24) is 4.90 Å². The van der Waals surface area contributed by atoms with Crippen molar-refractivity contribution in [1.29, 1.82) is 0 Å². The first-order chi connectivity index (χ1) is 7.90. The number of likely N-dealkylation sites (tertiary alicyclic amines) is 1. The number of hydrogen-bond donors (Lipinski definition) is 0. The second-order valence-corrected chi connectivity index (χ2v) is 5.38. The van der Waals surface area contributed by atoms with E-state index >= 15 is 0 Å². The molecule has 16 heavy (non-hydrogen) atoms.